The molecule has 0 spiro atoms. The summed E-state index contributed by atoms with van der Waals surface area (Å²) < 4.78 is 23.3. The molecule has 216 valence electrons. The third-order valence-corrected chi connectivity index (χ3v) is 7.86. The maximum Gasteiger partial charge on any atom is 0.251 e. The molecule has 7 rings (SSSR count). The number of aryl methyl sites for hydroxylation is 1. The van der Waals surface area contributed by atoms with Gasteiger partial charge in [0.15, 0.2) is 11.5 Å². The molecule has 0 unspecified atom stereocenters. The lowest BCUT2D eigenvalue weighted by atomic mass is 10.1. The number of hydrogen-bond acceptors (Lipinski definition) is 9. The van der Waals surface area contributed by atoms with E-state index < -0.39 is 0 Å². The van der Waals surface area contributed by atoms with Gasteiger partial charge in [0, 0.05) is 30.9 Å². The molecule has 0 radical (unpaired) electrons. The first kappa shape index (κ1) is 26.3. The van der Waals surface area contributed by atoms with Crippen molar-refractivity contribution in [1.82, 2.24) is 25.3 Å². The normalized spacial score (nSPS) is 17.2. The predicted octanol–water partition coefficient (Wildman–Crippen LogP) is 5.67. The number of anilines is 2. The smallest absolute Gasteiger partial charge is 0.251 e. The molecule has 1 aliphatic heterocycles. The number of H-pyrrole nitrogens is 1. The minimum absolute atomic E-state index is 0.0205. The highest BCUT2D eigenvalue weighted by molar-refractivity contribution is 5.99. The third-order valence-electron chi connectivity index (χ3n) is 7.86. The van der Waals surface area contributed by atoms with E-state index in [0.717, 1.165) is 59.7 Å². The van der Waals surface area contributed by atoms with E-state index in [1.807, 2.05) is 31.3 Å². The molecule has 5 aromatic rings. The molecule has 2 aromatic carbocycles. The van der Waals surface area contributed by atoms with E-state index in [2.05, 4.69) is 20.6 Å². The second-order valence-corrected chi connectivity index (χ2v) is 10.8. The minimum atomic E-state index is -0.169. The number of methoxy groups -OCH3 is 1. The van der Waals surface area contributed by atoms with E-state index in [4.69, 9.17) is 28.6 Å². The lowest BCUT2D eigenvalue weighted by Gasteiger charge is -2.16. The van der Waals surface area contributed by atoms with E-state index in [1.54, 1.807) is 25.3 Å². The van der Waals surface area contributed by atoms with E-state index in [-0.39, 0.29) is 18.1 Å². The Bertz CT molecular complexity index is 1770. The van der Waals surface area contributed by atoms with Gasteiger partial charge in [0.1, 0.15) is 23.0 Å². The summed E-state index contributed by atoms with van der Waals surface area (Å²) in [6.07, 6.45) is 7.06. The number of aromatic nitrogens is 4. The second kappa shape index (κ2) is 11.0. The number of hydrogen-bond donors (Lipinski definition) is 3. The van der Waals surface area contributed by atoms with E-state index in [9.17, 15) is 4.79 Å². The lowest BCUT2D eigenvalue weighted by molar-refractivity contribution is 0.0929. The Hall–Kier alpha value is -4.64. The van der Waals surface area contributed by atoms with Crippen molar-refractivity contribution >= 4 is 39.7 Å². The van der Waals surface area contributed by atoms with Crippen LogP contribution in [0.25, 0.3) is 33.3 Å². The Morgan fingerprint density at radius 2 is 1.95 bits per heavy atom. The van der Waals surface area contributed by atoms with Crippen LogP contribution in [0, 0.1) is 6.92 Å². The highest BCUT2D eigenvalue weighted by Crippen LogP contribution is 2.38. The number of nitrogens with one attached hydrogen (secondary N) is 3. The fourth-order valence-corrected chi connectivity index (χ4v) is 5.71. The summed E-state index contributed by atoms with van der Waals surface area (Å²) >= 11 is 0. The molecular weight excluding hydrogens is 536 g/mol. The molecule has 3 N–H and O–H groups in total. The number of amides is 1. The number of ether oxygens (including phenoxy) is 3. The number of carbonyl (C=O) groups excluding carboxylic acids is 1. The zero-order valence-electron chi connectivity index (χ0n) is 23.5. The van der Waals surface area contributed by atoms with Crippen molar-refractivity contribution in [3.63, 3.8) is 0 Å². The van der Waals surface area contributed by atoms with Crippen LogP contribution in [0.2, 0.25) is 0 Å². The summed E-state index contributed by atoms with van der Waals surface area (Å²) in [6.45, 7) is 3.03. The monoisotopic (exact) mass is 568 g/mol. The average Bonchev–Trinajstić information content (AvgIpc) is 3.80. The fourth-order valence-electron chi connectivity index (χ4n) is 5.71. The molecule has 1 saturated heterocycles. The first-order valence-corrected chi connectivity index (χ1v) is 14.3. The number of benzene rings is 2. The van der Waals surface area contributed by atoms with Crippen LogP contribution < -0.4 is 20.1 Å². The maximum absolute atomic E-state index is 12.8. The van der Waals surface area contributed by atoms with Crippen LogP contribution in [0.4, 0.5) is 11.6 Å². The molecule has 0 bridgehead atoms. The van der Waals surface area contributed by atoms with Crippen LogP contribution in [0.5, 0.6) is 11.6 Å². The van der Waals surface area contributed by atoms with Crippen LogP contribution in [0.1, 0.15) is 48.4 Å². The van der Waals surface area contributed by atoms with Crippen LogP contribution in [0.15, 0.2) is 47.0 Å². The van der Waals surface area contributed by atoms with Gasteiger partial charge < -0.3 is 34.2 Å². The molecule has 1 amide bonds. The Kier molecular flexibility index (Phi) is 6.87. The van der Waals surface area contributed by atoms with Gasteiger partial charge in [-0.2, -0.15) is 9.97 Å². The zero-order chi connectivity index (χ0) is 28.6. The first-order valence-electron chi connectivity index (χ1n) is 14.3. The van der Waals surface area contributed by atoms with Crippen molar-refractivity contribution in [1.29, 1.82) is 0 Å². The fraction of sp³-hybridized carbons (Fsp3) is 0.355. The van der Waals surface area contributed by atoms with Crippen molar-refractivity contribution in [3.05, 3.63) is 54.0 Å². The predicted molar refractivity (Wildman–Crippen MR) is 157 cm³/mol. The number of carbonyl (C=O) groups is 1. The quantitative estimate of drug-likeness (QED) is 0.216. The molecule has 1 atom stereocenters. The highest BCUT2D eigenvalue weighted by atomic mass is 16.5. The first-order chi connectivity index (χ1) is 20.5. The number of rotatable bonds is 8. The Morgan fingerprint density at radius 3 is 2.76 bits per heavy atom. The van der Waals surface area contributed by atoms with Gasteiger partial charge in [-0.15, -0.1) is 0 Å². The highest BCUT2D eigenvalue weighted by Gasteiger charge is 2.24. The Labute approximate surface area is 242 Å². The number of aromatic amines is 1. The zero-order valence-corrected chi connectivity index (χ0v) is 23.5. The molecule has 3 aromatic heterocycles. The summed E-state index contributed by atoms with van der Waals surface area (Å²) in [5.41, 5.74) is 5.16. The van der Waals surface area contributed by atoms with Gasteiger partial charge >= 0.3 is 0 Å². The van der Waals surface area contributed by atoms with Gasteiger partial charge in [0.2, 0.25) is 11.8 Å². The minimum Gasteiger partial charge on any atom is -0.495 e. The molecular formula is C31H32N6O5. The van der Waals surface area contributed by atoms with E-state index in [1.165, 1.54) is 0 Å². The summed E-state index contributed by atoms with van der Waals surface area (Å²) in [5.74, 6) is 1.81. The van der Waals surface area contributed by atoms with E-state index >= 15 is 0 Å². The van der Waals surface area contributed by atoms with Crippen LogP contribution in [0.3, 0.4) is 0 Å². The Balaban J connectivity index is 1.22. The molecule has 2 aliphatic rings. The molecule has 2 fully saturated rings. The lowest BCUT2D eigenvalue weighted by Crippen LogP contribution is -2.34. The van der Waals surface area contributed by atoms with Gasteiger partial charge in [-0.25, -0.2) is 4.98 Å². The summed E-state index contributed by atoms with van der Waals surface area (Å²) in [6, 6.07) is 11.2. The molecule has 11 heteroatoms. The maximum atomic E-state index is 12.8. The topological polar surface area (TPSA) is 136 Å². The summed E-state index contributed by atoms with van der Waals surface area (Å²) in [7, 11) is 1.57. The standard InChI is InChI=1S/C31H32N6O5/c1-17-33-24-9-7-18(13-26(24)41-17)22-15-32-28-27(22)30(42-21-5-3-4-6-21)37-31(36-28)35-23-10-8-19(14-25(23)39-2)29(38)34-20-11-12-40-16-20/h7-10,13-15,20-21H,3-6,11-12,16H2,1-2H3,(H,34,38)(H2,32,35,36,37)/t20-/m0/s1. The Morgan fingerprint density at radius 1 is 1.07 bits per heavy atom. The number of oxazole rings is 1. The van der Waals surface area contributed by atoms with Crippen molar-refractivity contribution in [2.24, 2.45) is 0 Å². The number of fused-ring (bicyclic) bond motifs is 2. The van der Waals surface area contributed by atoms with Gasteiger partial charge in [0.05, 0.1) is 30.8 Å². The average molecular weight is 569 g/mol. The molecule has 11 nitrogen and oxygen atoms in total. The van der Waals surface area contributed by atoms with Gasteiger partial charge in [-0.05, 0) is 68.0 Å². The SMILES string of the molecule is COc1cc(C(=O)N[C@H]2CCOC2)ccc1Nc1nc(OC2CCCC2)c2c(-c3ccc4nc(C)oc4c3)c[nH]c2n1. The van der Waals surface area contributed by atoms with Crippen molar-refractivity contribution < 1.29 is 23.4 Å². The van der Waals surface area contributed by atoms with Gasteiger partial charge in [0.25, 0.3) is 5.91 Å². The van der Waals surface area contributed by atoms with Crippen molar-refractivity contribution in [2.75, 3.05) is 25.6 Å². The summed E-state index contributed by atoms with van der Waals surface area (Å²) in [4.78, 5) is 30.1. The molecule has 1 aliphatic carbocycles. The van der Waals surface area contributed by atoms with E-state index in [0.29, 0.717) is 53.6 Å². The van der Waals surface area contributed by atoms with Gasteiger partial charge in [-0.1, -0.05) is 6.07 Å². The van der Waals surface area contributed by atoms with Gasteiger partial charge in [-0.3, -0.25) is 4.79 Å². The van der Waals surface area contributed by atoms with Crippen LogP contribution in [-0.2, 0) is 4.74 Å². The van der Waals surface area contributed by atoms with Crippen molar-refractivity contribution in [3.8, 4) is 22.8 Å². The summed E-state index contributed by atoms with van der Waals surface area (Å²) in [5, 5.41) is 7.09. The van der Waals surface area contributed by atoms with Crippen LogP contribution in [-0.4, -0.2) is 58.3 Å². The van der Waals surface area contributed by atoms with Crippen LogP contribution >= 0.6 is 0 Å². The molecule has 42 heavy (non-hydrogen) atoms. The van der Waals surface area contributed by atoms with Crippen molar-refractivity contribution in [2.45, 2.75) is 51.2 Å². The third kappa shape index (κ3) is 5.11. The molecule has 1 saturated carbocycles. The number of nitrogens with zero attached hydrogens (tertiary/aromatic N) is 3. The largest absolute Gasteiger partial charge is 0.495 e. The molecule has 4 heterocycles. The second-order valence-electron chi connectivity index (χ2n) is 10.8.